The zero-order valence-electron chi connectivity index (χ0n) is 21.5. The maximum absolute atomic E-state index is 13.0. The number of nitro benzene ring substituents is 1. The van der Waals surface area contributed by atoms with Gasteiger partial charge in [-0.3, -0.25) is 29.4 Å². The number of carbonyl (C=O) groups is 3. The molecule has 3 aromatic carbocycles. The van der Waals surface area contributed by atoms with Gasteiger partial charge >= 0.3 is 0 Å². The fourth-order valence-corrected chi connectivity index (χ4v) is 5.12. The molecule has 40 heavy (non-hydrogen) atoms. The summed E-state index contributed by atoms with van der Waals surface area (Å²) < 4.78 is 12.2. The highest BCUT2D eigenvalue weighted by molar-refractivity contribution is 9.10. The van der Waals surface area contributed by atoms with E-state index in [-0.39, 0.29) is 17.2 Å². The van der Waals surface area contributed by atoms with Crippen LogP contribution in [0.25, 0.3) is 6.08 Å². The molecule has 0 spiro atoms. The maximum atomic E-state index is 13.0. The van der Waals surface area contributed by atoms with E-state index in [9.17, 15) is 24.5 Å². The van der Waals surface area contributed by atoms with E-state index in [1.54, 1.807) is 42.5 Å². The quantitative estimate of drug-likeness (QED) is 0.157. The Morgan fingerprint density at radius 3 is 2.45 bits per heavy atom. The molecule has 206 valence electrons. The fourth-order valence-electron chi connectivity index (χ4n) is 3.71. The van der Waals surface area contributed by atoms with Crippen molar-refractivity contribution in [3.63, 3.8) is 0 Å². The third-order valence-electron chi connectivity index (χ3n) is 5.67. The van der Waals surface area contributed by atoms with Crippen LogP contribution in [0, 0.1) is 17.0 Å². The van der Waals surface area contributed by atoms with Crippen LogP contribution in [0.4, 0.5) is 16.2 Å². The molecule has 1 aliphatic heterocycles. The molecule has 0 aliphatic carbocycles. The van der Waals surface area contributed by atoms with Gasteiger partial charge in [-0.25, -0.2) is 0 Å². The topological polar surface area (TPSA) is 128 Å². The monoisotopic (exact) mass is 625 g/mol. The molecule has 1 aliphatic rings. The van der Waals surface area contributed by atoms with Gasteiger partial charge in [-0.15, -0.1) is 0 Å². The van der Waals surface area contributed by atoms with E-state index in [4.69, 9.17) is 9.47 Å². The molecule has 0 aromatic heterocycles. The van der Waals surface area contributed by atoms with Crippen molar-refractivity contribution < 1.29 is 28.8 Å². The first-order valence-electron chi connectivity index (χ1n) is 12.1. The molecule has 0 radical (unpaired) electrons. The Hall–Kier alpha value is -4.16. The highest BCUT2D eigenvalue weighted by Gasteiger charge is 2.36. The van der Waals surface area contributed by atoms with E-state index in [1.165, 1.54) is 12.1 Å². The number of anilines is 1. The maximum Gasteiger partial charge on any atom is 0.294 e. The zero-order chi connectivity index (χ0) is 28.8. The minimum atomic E-state index is -0.568. The standard InChI is InChI=1S/C28H24BrN3O7S/c1-3-38-23-13-19(12-22(29)26(23)39-16-18-6-10-21(11-7-18)32(36)37)14-24-27(34)31(28(35)40-24)15-25(33)30-20-8-4-17(2)5-9-20/h4-14H,3,15-16H2,1-2H3,(H,30,33)/b24-14+. The number of carbonyl (C=O) groups excluding carboxylic acids is 3. The third kappa shape index (κ3) is 7.07. The van der Waals surface area contributed by atoms with Crippen LogP contribution in [0.5, 0.6) is 11.5 Å². The number of thioether (sulfide) groups is 1. The van der Waals surface area contributed by atoms with Crippen molar-refractivity contribution in [2.75, 3.05) is 18.5 Å². The smallest absolute Gasteiger partial charge is 0.294 e. The number of nitro groups is 1. The summed E-state index contributed by atoms with van der Waals surface area (Å²) >= 11 is 4.23. The molecule has 1 N–H and O–H groups in total. The Kier molecular flexibility index (Phi) is 9.22. The molecule has 1 heterocycles. The lowest BCUT2D eigenvalue weighted by Gasteiger charge is -2.15. The van der Waals surface area contributed by atoms with Crippen LogP contribution in [0.3, 0.4) is 0 Å². The molecule has 4 rings (SSSR count). The average molecular weight is 626 g/mol. The number of ether oxygens (including phenoxy) is 2. The van der Waals surface area contributed by atoms with Crippen LogP contribution in [0.2, 0.25) is 0 Å². The van der Waals surface area contributed by atoms with Gasteiger partial charge in [0.2, 0.25) is 5.91 Å². The number of aryl methyl sites for hydroxylation is 1. The number of rotatable bonds is 10. The molecule has 1 fully saturated rings. The van der Waals surface area contributed by atoms with Gasteiger partial charge in [-0.1, -0.05) is 17.7 Å². The lowest BCUT2D eigenvalue weighted by molar-refractivity contribution is -0.384. The minimum Gasteiger partial charge on any atom is -0.490 e. The highest BCUT2D eigenvalue weighted by Crippen LogP contribution is 2.39. The Morgan fingerprint density at radius 1 is 1.10 bits per heavy atom. The number of hydrogen-bond acceptors (Lipinski definition) is 8. The second-order valence-electron chi connectivity index (χ2n) is 8.66. The molecule has 10 nitrogen and oxygen atoms in total. The Balaban J connectivity index is 1.47. The third-order valence-corrected chi connectivity index (χ3v) is 7.17. The van der Waals surface area contributed by atoms with E-state index >= 15 is 0 Å². The molecule has 1 saturated heterocycles. The summed E-state index contributed by atoms with van der Waals surface area (Å²) in [6.07, 6.45) is 1.55. The molecule has 0 unspecified atom stereocenters. The van der Waals surface area contributed by atoms with E-state index in [2.05, 4.69) is 21.2 Å². The van der Waals surface area contributed by atoms with Gasteiger partial charge in [-0.2, -0.15) is 0 Å². The number of benzene rings is 3. The molecule has 3 aromatic rings. The van der Waals surface area contributed by atoms with Gasteiger partial charge in [0.25, 0.3) is 16.8 Å². The van der Waals surface area contributed by atoms with Crippen LogP contribution in [-0.4, -0.2) is 40.0 Å². The first-order chi connectivity index (χ1) is 19.1. The van der Waals surface area contributed by atoms with Crippen LogP contribution < -0.4 is 14.8 Å². The van der Waals surface area contributed by atoms with Crippen LogP contribution >= 0.6 is 27.7 Å². The summed E-state index contributed by atoms with van der Waals surface area (Å²) in [7, 11) is 0. The predicted molar refractivity (Wildman–Crippen MR) is 155 cm³/mol. The Labute approximate surface area is 242 Å². The van der Waals surface area contributed by atoms with Gasteiger partial charge in [-0.05, 0) is 95.1 Å². The molecule has 12 heteroatoms. The van der Waals surface area contributed by atoms with Crippen LogP contribution in [-0.2, 0) is 16.2 Å². The lowest BCUT2D eigenvalue weighted by atomic mass is 10.1. The molecule has 3 amide bonds. The normalized spacial score (nSPS) is 14.0. The Morgan fingerprint density at radius 2 is 1.80 bits per heavy atom. The lowest BCUT2D eigenvalue weighted by Crippen LogP contribution is -2.36. The van der Waals surface area contributed by atoms with Crippen molar-refractivity contribution in [1.82, 2.24) is 4.90 Å². The SMILES string of the molecule is CCOc1cc(/C=C2/SC(=O)N(CC(=O)Nc3ccc(C)cc3)C2=O)cc(Br)c1OCc1ccc([N+](=O)[O-])cc1. The fraction of sp³-hybridized carbons (Fsp3) is 0.179. The number of halogens is 1. The van der Waals surface area contributed by atoms with Gasteiger partial charge < -0.3 is 14.8 Å². The summed E-state index contributed by atoms with van der Waals surface area (Å²) in [4.78, 5) is 49.5. The number of hydrogen-bond donors (Lipinski definition) is 1. The molecule has 0 atom stereocenters. The number of amides is 3. The molecular weight excluding hydrogens is 602 g/mol. The van der Waals surface area contributed by atoms with Crippen molar-refractivity contribution >= 4 is 62.2 Å². The van der Waals surface area contributed by atoms with Gasteiger partial charge in [0.15, 0.2) is 11.5 Å². The van der Waals surface area contributed by atoms with E-state index in [0.717, 1.165) is 27.8 Å². The highest BCUT2D eigenvalue weighted by atomic mass is 79.9. The van der Waals surface area contributed by atoms with Crippen molar-refractivity contribution in [2.45, 2.75) is 20.5 Å². The average Bonchev–Trinajstić information content (AvgIpc) is 3.17. The number of nitrogens with zero attached hydrogens (tertiary/aromatic N) is 2. The Bertz CT molecular complexity index is 1490. The van der Waals surface area contributed by atoms with Crippen LogP contribution in [0.1, 0.15) is 23.6 Å². The van der Waals surface area contributed by atoms with Crippen molar-refractivity contribution in [1.29, 1.82) is 0 Å². The summed E-state index contributed by atoms with van der Waals surface area (Å²) in [5.74, 6) is -0.232. The second kappa shape index (κ2) is 12.8. The molecule has 0 bridgehead atoms. The van der Waals surface area contributed by atoms with Gasteiger partial charge in [0.1, 0.15) is 13.2 Å². The van der Waals surface area contributed by atoms with Crippen molar-refractivity contribution in [3.8, 4) is 11.5 Å². The van der Waals surface area contributed by atoms with E-state index in [0.29, 0.717) is 33.8 Å². The largest absolute Gasteiger partial charge is 0.490 e. The van der Waals surface area contributed by atoms with E-state index in [1.807, 2.05) is 26.0 Å². The van der Waals surface area contributed by atoms with Crippen molar-refractivity contribution in [2.24, 2.45) is 0 Å². The van der Waals surface area contributed by atoms with Crippen molar-refractivity contribution in [3.05, 3.63) is 96.8 Å². The van der Waals surface area contributed by atoms with E-state index < -0.39 is 28.5 Å². The first kappa shape index (κ1) is 28.8. The van der Waals surface area contributed by atoms with Gasteiger partial charge in [0.05, 0.1) is 20.9 Å². The molecule has 0 saturated carbocycles. The summed E-state index contributed by atoms with van der Waals surface area (Å²) in [5, 5.41) is 13.0. The summed E-state index contributed by atoms with van der Waals surface area (Å²) in [5.41, 5.74) is 2.90. The minimum absolute atomic E-state index is 0.0133. The number of imide groups is 1. The number of nitrogens with one attached hydrogen (secondary N) is 1. The van der Waals surface area contributed by atoms with Crippen LogP contribution in [0.15, 0.2) is 70.0 Å². The zero-order valence-corrected chi connectivity index (χ0v) is 23.9. The number of non-ortho nitro benzene ring substituents is 1. The predicted octanol–water partition coefficient (Wildman–Crippen LogP) is 6.32. The summed E-state index contributed by atoms with van der Waals surface area (Å²) in [6.45, 7) is 3.82. The second-order valence-corrected chi connectivity index (χ2v) is 10.5. The summed E-state index contributed by atoms with van der Waals surface area (Å²) in [6, 6.07) is 16.6. The first-order valence-corrected chi connectivity index (χ1v) is 13.7. The van der Waals surface area contributed by atoms with Gasteiger partial charge in [0, 0.05) is 17.8 Å². The molecular formula is C28H24BrN3O7S.